The number of nitrogens with zero attached hydrogens (tertiary/aromatic N) is 3. The molecule has 3 rings (SSSR count). The van der Waals surface area contributed by atoms with Crippen LogP contribution in [-0.2, 0) is 11.8 Å². The molecule has 0 bridgehead atoms. The maximum atomic E-state index is 13.0. The van der Waals surface area contributed by atoms with Crippen molar-refractivity contribution < 1.29 is 9.18 Å². The minimum atomic E-state index is -0.348. The molecule has 1 N–H and O–H groups in total. The smallest absolute Gasteiger partial charge is 0.233 e. The first-order chi connectivity index (χ1) is 13.0. The van der Waals surface area contributed by atoms with E-state index in [1.165, 1.54) is 23.9 Å². The number of amides is 1. The fraction of sp³-hybridized carbons (Fsp3) is 0.250. The lowest BCUT2D eigenvalue weighted by molar-refractivity contribution is -0.120. The predicted octanol–water partition coefficient (Wildman–Crippen LogP) is 3.98. The van der Waals surface area contributed by atoms with Gasteiger partial charge in [-0.05, 0) is 31.5 Å². The highest BCUT2D eigenvalue weighted by molar-refractivity contribution is 8.00. The van der Waals surface area contributed by atoms with Crippen LogP contribution in [-0.4, -0.2) is 25.9 Å². The van der Waals surface area contributed by atoms with Crippen LogP contribution in [0.15, 0.2) is 59.8 Å². The Labute approximate surface area is 162 Å². The fourth-order valence-electron chi connectivity index (χ4n) is 2.63. The molecule has 2 aromatic carbocycles. The minimum absolute atomic E-state index is 0.110. The number of aromatic nitrogens is 3. The van der Waals surface area contributed by atoms with E-state index in [0.717, 1.165) is 17.0 Å². The van der Waals surface area contributed by atoms with Crippen molar-refractivity contribution in [1.82, 2.24) is 20.1 Å². The lowest BCUT2D eigenvalue weighted by Gasteiger charge is -2.17. The monoisotopic (exact) mass is 384 g/mol. The fourth-order valence-corrected chi connectivity index (χ4v) is 3.46. The zero-order valence-corrected chi connectivity index (χ0v) is 16.2. The number of hydrogen-bond acceptors (Lipinski definition) is 4. The van der Waals surface area contributed by atoms with E-state index < -0.39 is 0 Å². The SMILES string of the molecule is CC(Sc1nnc(-c2ccccc2)n1C)C(=O)NC(C)c1ccc(F)cc1. The molecule has 0 saturated heterocycles. The van der Waals surface area contributed by atoms with E-state index in [1.807, 2.05) is 55.8 Å². The van der Waals surface area contributed by atoms with Crippen molar-refractivity contribution in [2.75, 3.05) is 0 Å². The van der Waals surface area contributed by atoms with Gasteiger partial charge in [0, 0.05) is 12.6 Å². The van der Waals surface area contributed by atoms with Crippen molar-refractivity contribution in [2.24, 2.45) is 7.05 Å². The Hall–Kier alpha value is -2.67. The van der Waals surface area contributed by atoms with Crippen LogP contribution in [0.25, 0.3) is 11.4 Å². The summed E-state index contributed by atoms with van der Waals surface area (Å²) in [6, 6.07) is 15.7. The molecule has 0 aliphatic rings. The molecule has 1 aromatic heterocycles. The van der Waals surface area contributed by atoms with Gasteiger partial charge in [-0.1, -0.05) is 54.2 Å². The van der Waals surface area contributed by atoms with Gasteiger partial charge in [-0.25, -0.2) is 4.39 Å². The topological polar surface area (TPSA) is 59.8 Å². The number of rotatable bonds is 6. The van der Waals surface area contributed by atoms with Crippen LogP contribution in [0.4, 0.5) is 4.39 Å². The summed E-state index contributed by atoms with van der Waals surface area (Å²) in [6.45, 7) is 3.70. The standard InChI is InChI=1S/C20H21FN4OS/c1-13(15-9-11-17(21)12-10-15)22-19(26)14(2)27-20-24-23-18(25(20)3)16-7-5-4-6-8-16/h4-14H,1-3H3,(H,22,26). The summed E-state index contributed by atoms with van der Waals surface area (Å²) in [4.78, 5) is 12.5. The van der Waals surface area contributed by atoms with Crippen molar-refractivity contribution in [3.05, 3.63) is 66.0 Å². The molecule has 0 aliphatic heterocycles. The highest BCUT2D eigenvalue weighted by atomic mass is 32.2. The summed E-state index contributed by atoms with van der Waals surface area (Å²) < 4.78 is 14.9. The number of benzene rings is 2. The Morgan fingerprint density at radius 3 is 2.41 bits per heavy atom. The summed E-state index contributed by atoms with van der Waals surface area (Å²) in [7, 11) is 1.89. The average Bonchev–Trinajstić information content (AvgIpc) is 3.03. The van der Waals surface area contributed by atoms with Gasteiger partial charge >= 0.3 is 0 Å². The normalized spacial score (nSPS) is 13.2. The first-order valence-electron chi connectivity index (χ1n) is 8.63. The first-order valence-corrected chi connectivity index (χ1v) is 9.51. The van der Waals surface area contributed by atoms with E-state index >= 15 is 0 Å². The molecule has 27 heavy (non-hydrogen) atoms. The Balaban J connectivity index is 1.65. The molecule has 7 heteroatoms. The van der Waals surface area contributed by atoms with Gasteiger partial charge < -0.3 is 9.88 Å². The molecule has 140 valence electrons. The van der Waals surface area contributed by atoms with Crippen molar-refractivity contribution in [3.8, 4) is 11.4 Å². The molecule has 0 fully saturated rings. The van der Waals surface area contributed by atoms with Gasteiger partial charge in [-0.3, -0.25) is 4.79 Å². The molecule has 0 radical (unpaired) electrons. The third-order valence-electron chi connectivity index (χ3n) is 4.25. The largest absolute Gasteiger partial charge is 0.349 e. The molecular weight excluding hydrogens is 363 g/mol. The number of hydrogen-bond donors (Lipinski definition) is 1. The van der Waals surface area contributed by atoms with E-state index in [1.54, 1.807) is 12.1 Å². The van der Waals surface area contributed by atoms with E-state index in [9.17, 15) is 9.18 Å². The molecule has 0 saturated carbocycles. The summed E-state index contributed by atoms with van der Waals surface area (Å²) in [5, 5.41) is 11.7. The Morgan fingerprint density at radius 1 is 1.07 bits per heavy atom. The highest BCUT2D eigenvalue weighted by Crippen LogP contribution is 2.26. The predicted molar refractivity (Wildman–Crippen MR) is 105 cm³/mol. The van der Waals surface area contributed by atoms with Crippen LogP contribution < -0.4 is 5.32 Å². The average molecular weight is 384 g/mol. The zero-order chi connectivity index (χ0) is 19.4. The third-order valence-corrected chi connectivity index (χ3v) is 5.38. The van der Waals surface area contributed by atoms with Gasteiger partial charge in [-0.2, -0.15) is 0 Å². The second-order valence-electron chi connectivity index (χ2n) is 6.27. The number of halogens is 1. The number of nitrogens with one attached hydrogen (secondary N) is 1. The van der Waals surface area contributed by atoms with Gasteiger partial charge in [0.25, 0.3) is 0 Å². The van der Waals surface area contributed by atoms with Crippen LogP contribution in [0.5, 0.6) is 0 Å². The maximum Gasteiger partial charge on any atom is 0.233 e. The van der Waals surface area contributed by atoms with Gasteiger partial charge in [0.05, 0.1) is 11.3 Å². The van der Waals surface area contributed by atoms with Gasteiger partial charge in [0.2, 0.25) is 5.91 Å². The quantitative estimate of drug-likeness (QED) is 0.653. The molecular formula is C20H21FN4OS. The Kier molecular flexibility index (Phi) is 5.91. The van der Waals surface area contributed by atoms with Crippen LogP contribution in [0, 0.1) is 5.82 Å². The number of carbonyl (C=O) groups excluding carboxylic acids is 1. The van der Waals surface area contributed by atoms with Crippen LogP contribution in [0.2, 0.25) is 0 Å². The summed E-state index contributed by atoms with van der Waals surface area (Å²) >= 11 is 1.35. The Bertz CT molecular complexity index is 911. The lowest BCUT2D eigenvalue weighted by Crippen LogP contribution is -2.33. The second-order valence-corrected chi connectivity index (χ2v) is 7.58. The summed E-state index contributed by atoms with van der Waals surface area (Å²) in [5.74, 6) is 0.351. The molecule has 1 heterocycles. The lowest BCUT2D eigenvalue weighted by atomic mass is 10.1. The van der Waals surface area contributed by atoms with Gasteiger partial charge in [0.15, 0.2) is 11.0 Å². The van der Waals surface area contributed by atoms with Crippen molar-refractivity contribution in [3.63, 3.8) is 0 Å². The van der Waals surface area contributed by atoms with Crippen molar-refractivity contribution in [1.29, 1.82) is 0 Å². The van der Waals surface area contributed by atoms with E-state index in [0.29, 0.717) is 5.16 Å². The zero-order valence-electron chi connectivity index (χ0n) is 15.4. The van der Waals surface area contributed by atoms with E-state index in [4.69, 9.17) is 0 Å². The molecule has 1 amide bonds. The number of thioether (sulfide) groups is 1. The summed E-state index contributed by atoms with van der Waals surface area (Å²) in [5.41, 5.74) is 1.83. The second kappa shape index (κ2) is 8.35. The van der Waals surface area contributed by atoms with Gasteiger partial charge in [-0.15, -0.1) is 10.2 Å². The Morgan fingerprint density at radius 2 is 1.74 bits per heavy atom. The van der Waals surface area contributed by atoms with Crippen molar-refractivity contribution >= 4 is 17.7 Å². The minimum Gasteiger partial charge on any atom is -0.349 e. The summed E-state index contributed by atoms with van der Waals surface area (Å²) in [6.07, 6.45) is 0. The van der Waals surface area contributed by atoms with Crippen LogP contribution in [0.3, 0.4) is 0 Å². The van der Waals surface area contributed by atoms with Crippen LogP contribution in [0.1, 0.15) is 25.5 Å². The third kappa shape index (κ3) is 4.54. The molecule has 0 spiro atoms. The van der Waals surface area contributed by atoms with Crippen LogP contribution >= 0.6 is 11.8 Å². The first kappa shape index (κ1) is 19.1. The van der Waals surface area contributed by atoms with Crippen molar-refractivity contribution in [2.45, 2.75) is 30.3 Å². The molecule has 0 aliphatic carbocycles. The van der Waals surface area contributed by atoms with E-state index in [2.05, 4.69) is 15.5 Å². The molecule has 2 unspecified atom stereocenters. The molecule has 5 nitrogen and oxygen atoms in total. The number of carbonyl (C=O) groups is 1. The molecule has 3 aromatic rings. The maximum absolute atomic E-state index is 13.0. The highest BCUT2D eigenvalue weighted by Gasteiger charge is 2.21. The van der Waals surface area contributed by atoms with Gasteiger partial charge in [0.1, 0.15) is 5.82 Å². The molecule has 2 atom stereocenters. The van der Waals surface area contributed by atoms with E-state index in [-0.39, 0.29) is 23.0 Å².